The van der Waals surface area contributed by atoms with E-state index in [1.54, 1.807) is 25.3 Å². The van der Waals surface area contributed by atoms with Crippen molar-refractivity contribution in [1.82, 2.24) is 5.43 Å². The average Bonchev–Trinajstić information content (AvgIpc) is 2.38. The topological polar surface area (TPSA) is 56.5 Å². The molecule has 0 bridgehead atoms. The lowest BCUT2D eigenvalue weighted by molar-refractivity contribution is -0.0509. The van der Waals surface area contributed by atoms with Gasteiger partial charge in [-0.25, -0.2) is 0 Å². The number of nitrogens with two attached hydrogens (primary N) is 1. The maximum absolute atomic E-state index is 12.4. The highest BCUT2D eigenvalue weighted by Crippen LogP contribution is 2.31. The fraction of sp³-hybridized carbons (Fsp3) is 0.538. The van der Waals surface area contributed by atoms with Crippen LogP contribution >= 0.6 is 0 Å². The van der Waals surface area contributed by atoms with Crippen molar-refractivity contribution >= 4 is 0 Å². The number of nitrogens with one attached hydrogen (secondary N) is 1. The maximum atomic E-state index is 12.4. The monoisotopic (exact) mass is 274 g/mol. The minimum Gasteiger partial charge on any atom is -0.434 e. The maximum Gasteiger partial charge on any atom is 0.387 e. The summed E-state index contributed by atoms with van der Waals surface area (Å²) in [6.07, 6.45) is 0.758. The van der Waals surface area contributed by atoms with E-state index < -0.39 is 6.61 Å². The van der Waals surface area contributed by atoms with Gasteiger partial charge in [-0.15, -0.1) is 0 Å². The number of rotatable bonds is 8. The molecular formula is C13H20F2N2O2. The van der Waals surface area contributed by atoms with Gasteiger partial charge in [0.15, 0.2) is 0 Å². The molecule has 0 fully saturated rings. The number of hydrogen-bond donors (Lipinski definition) is 2. The first-order chi connectivity index (χ1) is 9.10. The molecule has 19 heavy (non-hydrogen) atoms. The average molecular weight is 274 g/mol. The highest BCUT2D eigenvalue weighted by atomic mass is 19.3. The van der Waals surface area contributed by atoms with Gasteiger partial charge in [-0.2, -0.15) is 8.78 Å². The second-order valence-corrected chi connectivity index (χ2v) is 4.32. The van der Waals surface area contributed by atoms with Crippen molar-refractivity contribution in [3.63, 3.8) is 0 Å². The van der Waals surface area contributed by atoms with E-state index >= 15 is 0 Å². The van der Waals surface area contributed by atoms with Crippen LogP contribution in [0.4, 0.5) is 8.78 Å². The molecule has 0 saturated heterocycles. The number of hydrazine groups is 1. The summed E-state index contributed by atoms with van der Waals surface area (Å²) >= 11 is 0. The molecule has 0 radical (unpaired) electrons. The third-order valence-electron chi connectivity index (χ3n) is 3.00. The summed E-state index contributed by atoms with van der Waals surface area (Å²) in [6.45, 7) is -0.297. The van der Waals surface area contributed by atoms with Gasteiger partial charge in [0, 0.05) is 19.3 Å². The van der Waals surface area contributed by atoms with Gasteiger partial charge in [0.05, 0.1) is 6.04 Å². The first kappa shape index (κ1) is 15.8. The Hall–Kier alpha value is -1.24. The molecule has 4 nitrogen and oxygen atoms in total. The summed E-state index contributed by atoms with van der Waals surface area (Å²) in [4.78, 5) is 0. The van der Waals surface area contributed by atoms with E-state index in [1.807, 2.05) is 6.92 Å². The van der Waals surface area contributed by atoms with E-state index in [-0.39, 0.29) is 17.7 Å². The Kier molecular flexibility index (Phi) is 6.69. The Morgan fingerprint density at radius 3 is 2.58 bits per heavy atom. The minimum absolute atomic E-state index is 0.118. The van der Waals surface area contributed by atoms with Crippen LogP contribution in [-0.2, 0) is 4.74 Å². The number of alkyl halides is 2. The van der Waals surface area contributed by atoms with E-state index in [4.69, 9.17) is 10.6 Å². The van der Waals surface area contributed by atoms with Crippen molar-refractivity contribution < 1.29 is 18.3 Å². The molecule has 0 saturated carbocycles. The molecule has 108 valence electrons. The van der Waals surface area contributed by atoms with Crippen LogP contribution in [0.2, 0.25) is 0 Å². The standard InChI is InChI=1S/C13H20F2N2O2/c1-9(7-8-18-2)12(17-16)10-5-3-4-6-11(10)19-13(14)15/h3-6,9,12-13,17H,7-8,16H2,1-2H3. The van der Waals surface area contributed by atoms with Crippen molar-refractivity contribution in [2.45, 2.75) is 26.0 Å². The highest BCUT2D eigenvalue weighted by molar-refractivity contribution is 5.36. The number of hydrogen-bond acceptors (Lipinski definition) is 4. The van der Waals surface area contributed by atoms with Gasteiger partial charge >= 0.3 is 6.61 Å². The van der Waals surface area contributed by atoms with Crippen LogP contribution in [0.25, 0.3) is 0 Å². The molecule has 3 N–H and O–H groups in total. The first-order valence-corrected chi connectivity index (χ1v) is 6.09. The van der Waals surface area contributed by atoms with Crippen LogP contribution in [0.1, 0.15) is 24.9 Å². The Morgan fingerprint density at radius 1 is 1.32 bits per heavy atom. The lowest BCUT2D eigenvalue weighted by Gasteiger charge is -2.25. The summed E-state index contributed by atoms with van der Waals surface area (Å²) < 4.78 is 34.3. The molecule has 0 heterocycles. The number of para-hydroxylation sites is 1. The third kappa shape index (κ3) is 4.74. The number of ether oxygens (including phenoxy) is 2. The molecular weight excluding hydrogens is 254 g/mol. The molecule has 6 heteroatoms. The van der Waals surface area contributed by atoms with Gasteiger partial charge < -0.3 is 9.47 Å². The summed E-state index contributed by atoms with van der Waals surface area (Å²) in [5.74, 6) is 5.80. The molecule has 1 rings (SSSR count). The van der Waals surface area contributed by atoms with E-state index in [9.17, 15) is 8.78 Å². The fourth-order valence-corrected chi connectivity index (χ4v) is 1.97. The molecule has 0 aromatic heterocycles. The molecule has 1 aromatic rings. The van der Waals surface area contributed by atoms with Crippen LogP contribution in [0.15, 0.2) is 24.3 Å². The summed E-state index contributed by atoms with van der Waals surface area (Å²) in [5, 5.41) is 0. The van der Waals surface area contributed by atoms with Gasteiger partial charge in [0.25, 0.3) is 0 Å². The Balaban J connectivity index is 2.90. The van der Waals surface area contributed by atoms with Crippen molar-refractivity contribution in [3.8, 4) is 5.75 Å². The van der Waals surface area contributed by atoms with Crippen LogP contribution < -0.4 is 16.0 Å². The van der Waals surface area contributed by atoms with Crippen LogP contribution in [0.5, 0.6) is 5.75 Å². The van der Waals surface area contributed by atoms with E-state index in [1.165, 1.54) is 6.07 Å². The Labute approximate surface area is 111 Å². The summed E-state index contributed by atoms with van der Waals surface area (Å²) in [5.41, 5.74) is 3.28. The van der Waals surface area contributed by atoms with Crippen molar-refractivity contribution in [3.05, 3.63) is 29.8 Å². The Morgan fingerprint density at radius 2 is 2.00 bits per heavy atom. The summed E-state index contributed by atoms with van der Waals surface area (Å²) in [7, 11) is 1.62. The molecule has 0 aliphatic rings. The van der Waals surface area contributed by atoms with E-state index in [0.29, 0.717) is 12.2 Å². The SMILES string of the molecule is COCCC(C)C(NN)c1ccccc1OC(F)F. The second-order valence-electron chi connectivity index (χ2n) is 4.32. The predicted molar refractivity (Wildman–Crippen MR) is 68.8 cm³/mol. The van der Waals surface area contributed by atoms with Crippen LogP contribution in [-0.4, -0.2) is 20.3 Å². The first-order valence-electron chi connectivity index (χ1n) is 6.09. The van der Waals surface area contributed by atoms with Crippen molar-refractivity contribution in [2.24, 2.45) is 11.8 Å². The van der Waals surface area contributed by atoms with Crippen LogP contribution in [0, 0.1) is 5.92 Å². The third-order valence-corrected chi connectivity index (χ3v) is 3.00. The van der Waals surface area contributed by atoms with Crippen LogP contribution in [0.3, 0.4) is 0 Å². The highest BCUT2D eigenvalue weighted by Gasteiger charge is 2.22. The molecule has 1 aromatic carbocycles. The fourth-order valence-electron chi connectivity index (χ4n) is 1.97. The lowest BCUT2D eigenvalue weighted by Crippen LogP contribution is -2.33. The smallest absolute Gasteiger partial charge is 0.387 e. The second kappa shape index (κ2) is 8.04. The molecule has 2 atom stereocenters. The van der Waals surface area contributed by atoms with E-state index in [2.05, 4.69) is 10.2 Å². The van der Waals surface area contributed by atoms with Gasteiger partial charge in [0.1, 0.15) is 5.75 Å². The zero-order valence-corrected chi connectivity index (χ0v) is 11.1. The lowest BCUT2D eigenvalue weighted by atomic mass is 9.92. The van der Waals surface area contributed by atoms with E-state index in [0.717, 1.165) is 6.42 Å². The zero-order chi connectivity index (χ0) is 14.3. The zero-order valence-electron chi connectivity index (χ0n) is 11.1. The quantitative estimate of drug-likeness (QED) is 0.565. The molecule has 0 aliphatic heterocycles. The minimum atomic E-state index is -2.85. The molecule has 0 aliphatic carbocycles. The van der Waals surface area contributed by atoms with Gasteiger partial charge in [-0.1, -0.05) is 25.1 Å². The molecule has 0 spiro atoms. The number of halogens is 2. The summed E-state index contributed by atoms with van der Waals surface area (Å²) in [6, 6.07) is 6.38. The van der Waals surface area contributed by atoms with Gasteiger partial charge in [-0.05, 0) is 18.4 Å². The van der Waals surface area contributed by atoms with Crippen molar-refractivity contribution in [1.29, 1.82) is 0 Å². The van der Waals surface area contributed by atoms with Crippen molar-refractivity contribution in [2.75, 3.05) is 13.7 Å². The normalized spacial score (nSPS) is 14.4. The molecule has 0 amide bonds. The van der Waals surface area contributed by atoms with Gasteiger partial charge in [-0.3, -0.25) is 11.3 Å². The number of methoxy groups -OCH3 is 1. The molecule has 2 unspecified atom stereocenters. The largest absolute Gasteiger partial charge is 0.434 e. The number of benzene rings is 1. The van der Waals surface area contributed by atoms with Gasteiger partial charge in [0.2, 0.25) is 0 Å². The predicted octanol–water partition coefficient (Wildman–Crippen LogP) is 2.46. The Bertz CT molecular complexity index is 377.